The SMILES string of the molecule is [N-]=[N+]=NCc1ccccc1C[C@@]1(C(=O)NNCCc2ccc(F)cc2)COC(c2ccc(OCCCO)cc2)=N1. The number of azide groups is 1. The molecular weight excluding hydrogens is 515 g/mol. The highest BCUT2D eigenvalue weighted by molar-refractivity contribution is 6.00. The summed E-state index contributed by atoms with van der Waals surface area (Å²) >= 11 is 0. The Bertz CT molecular complexity index is 1360. The van der Waals surface area contributed by atoms with Crippen molar-refractivity contribution in [3.05, 3.63) is 111 Å². The van der Waals surface area contributed by atoms with Crippen molar-refractivity contribution in [1.82, 2.24) is 10.9 Å². The number of hydrogen-bond acceptors (Lipinski definition) is 7. The molecular formula is C29H31FN6O4. The number of ether oxygens (including phenoxy) is 2. The van der Waals surface area contributed by atoms with Crippen LogP contribution < -0.4 is 15.6 Å². The van der Waals surface area contributed by atoms with E-state index in [-0.39, 0.29) is 37.9 Å². The molecule has 0 bridgehead atoms. The van der Waals surface area contributed by atoms with Crippen molar-refractivity contribution in [1.29, 1.82) is 0 Å². The zero-order valence-electron chi connectivity index (χ0n) is 21.9. The molecule has 11 heteroatoms. The van der Waals surface area contributed by atoms with Crippen molar-refractivity contribution in [3.8, 4) is 5.75 Å². The summed E-state index contributed by atoms with van der Waals surface area (Å²) in [6.07, 6.45) is 1.34. The molecule has 40 heavy (non-hydrogen) atoms. The lowest BCUT2D eigenvalue weighted by molar-refractivity contribution is -0.127. The number of nitrogens with zero attached hydrogens (tertiary/aromatic N) is 4. The van der Waals surface area contributed by atoms with E-state index < -0.39 is 5.54 Å². The lowest BCUT2D eigenvalue weighted by Crippen LogP contribution is -2.53. The second-order valence-electron chi connectivity index (χ2n) is 9.28. The van der Waals surface area contributed by atoms with E-state index in [4.69, 9.17) is 25.1 Å². The fraction of sp³-hybridized carbons (Fsp3) is 0.310. The third kappa shape index (κ3) is 7.57. The number of amides is 1. The minimum absolute atomic E-state index is 0.0123. The Morgan fingerprint density at radius 1 is 1.12 bits per heavy atom. The fourth-order valence-electron chi connectivity index (χ4n) is 4.25. The molecule has 208 valence electrons. The van der Waals surface area contributed by atoms with E-state index in [9.17, 15) is 9.18 Å². The highest BCUT2D eigenvalue weighted by Gasteiger charge is 2.45. The summed E-state index contributed by atoms with van der Waals surface area (Å²) in [6.45, 7) is 1.05. The number of aliphatic hydroxyl groups is 1. The maximum Gasteiger partial charge on any atom is 0.266 e. The summed E-state index contributed by atoms with van der Waals surface area (Å²) in [7, 11) is 0. The van der Waals surface area contributed by atoms with Crippen LogP contribution in [0.1, 0.15) is 28.7 Å². The van der Waals surface area contributed by atoms with Crippen molar-refractivity contribution < 1.29 is 23.8 Å². The summed E-state index contributed by atoms with van der Waals surface area (Å²) in [5.74, 6) is 0.309. The van der Waals surface area contributed by atoms with E-state index in [0.717, 1.165) is 16.7 Å². The molecule has 0 aliphatic carbocycles. The zero-order chi connectivity index (χ0) is 28.2. The number of hydrazine groups is 1. The maximum absolute atomic E-state index is 13.6. The molecule has 4 rings (SSSR count). The number of carbonyl (C=O) groups excluding carboxylic acids is 1. The zero-order valence-corrected chi connectivity index (χ0v) is 21.9. The Kier molecular flexibility index (Phi) is 10.1. The van der Waals surface area contributed by atoms with Gasteiger partial charge < -0.3 is 14.6 Å². The van der Waals surface area contributed by atoms with Gasteiger partial charge in [0.05, 0.1) is 13.2 Å². The Labute approximate surface area is 231 Å². The normalized spacial score (nSPS) is 16.0. The van der Waals surface area contributed by atoms with Gasteiger partial charge in [0.15, 0.2) is 5.54 Å². The largest absolute Gasteiger partial charge is 0.494 e. The van der Waals surface area contributed by atoms with Crippen molar-refractivity contribution in [2.75, 3.05) is 26.4 Å². The number of aliphatic hydroxyl groups excluding tert-OH is 1. The summed E-state index contributed by atoms with van der Waals surface area (Å²) in [4.78, 5) is 21.2. The molecule has 0 fully saturated rings. The quantitative estimate of drug-likeness (QED) is 0.0921. The van der Waals surface area contributed by atoms with E-state index in [0.29, 0.717) is 43.2 Å². The minimum atomic E-state index is -1.28. The lowest BCUT2D eigenvalue weighted by Gasteiger charge is -2.24. The molecule has 1 atom stereocenters. The van der Waals surface area contributed by atoms with Crippen molar-refractivity contribution in [2.45, 2.75) is 31.3 Å². The van der Waals surface area contributed by atoms with Crippen LogP contribution in [0.3, 0.4) is 0 Å². The standard InChI is InChI=1S/C29H31FN6O4/c30-25-10-6-21(7-11-25)14-15-32-35-28(38)29(18-23-4-1-2-5-24(23)19-33-36-31)20-40-27(34-29)22-8-12-26(13-9-22)39-17-3-16-37/h1-2,4-13,32,37H,3,14-20H2,(H,35,38)/t29-/m0/s1. The van der Waals surface area contributed by atoms with Crippen LogP contribution in [0.4, 0.5) is 4.39 Å². The molecule has 10 nitrogen and oxygen atoms in total. The summed E-state index contributed by atoms with van der Waals surface area (Å²) in [6, 6.07) is 20.8. The van der Waals surface area contributed by atoms with E-state index >= 15 is 0 Å². The first kappa shape index (κ1) is 28.6. The van der Waals surface area contributed by atoms with Gasteiger partial charge in [-0.05, 0) is 65.0 Å². The monoisotopic (exact) mass is 546 g/mol. The van der Waals surface area contributed by atoms with E-state index in [1.165, 1.54) is 12.1 Å². The number of halogens is 1. The lowest BCUT2D eigenvalue weighted by atomic mass is 9.89. The molecule has 0 radical (unpaired) electrons. The number of nitrogens with one attached hydrogen (secondary N) is 2. The van der Waals surface area contributed by atoms with Gasteiger partial charge in [0.25, 0.3) is 5.91 Å². The van der Waals surface area contributed by atoms with Gasteiger partial charge in [-0.3, -0.25) is 10.2 Å². The highest BCUT2D eigenvalue weighted by atomic mass is 19.1. The van der Waals surface area contributed by atoms with Crippen LogP contribution in [-0.4, -0.2) is 48.8 Å². The molecule has 0 saturated heterocycles. The van der Waals surface area contributed by atoms with Crippen LogP contribution in [0.25, 0.3) is 10.4 Å². The van der Waals surface area contributed by atoms with Gasteiger partial charge in [0.1, 0.15) is 18.2 Å². The summed E-state index contributed by atoms with van der Waals surface area (Å²) in [5.41, 5.74) is 16.5. The third-order valence-corrected chi connectivity index (χ3v) is 6.42. The van der Waals surface area contributed by atoms with Crippen LogP contribution in [-0.2, 0) is 28.9 Å². The first-order chi connectivity index (χ1) is 19.5. The molecule has 0 spiro atoms. The van der Waals surface area contributed by atoms with Crippen LogP contribution in [0.5, 0.6) is 5.75 Å². The average molecular weight is 547 g/mol. The minimum Gasteiger partial charge on any atom is -0.494 e. The number of carbonyl (C=O) groups is 1. The van der Waals surface area contributed by atoms with Crippen molar-refractivity contribution in [3.63, 3.8) is 0 Å². The number of benzene rings is 3. The van der Waals surface area contributed by atoms with Crippen molar-refractivity contribution in [2.24, 2.45) is 10.1 Å². The molecule has 0 aromatic heterocycles. The van der Waals surface area contributed by atoms with Gasteiger partial charge in [-0.25, -0.2) is 14.8 Å². The van der Waals surface area contributed by atoms with Crippen LogP contribution in [0.2, 0.25) is 0 Å². The topological polar surface area (TPSA) is 141 Å². The van der Waals surface area contributed by atoms with Crippen LogP contribution >= 0.6 is 0 Å². The van der Waals surface area contributed by atoms with E-state index in [1.54, 1.807) is 36.4 Å². The molecule has 3 aromatic rings. The van der Waals surface area contributed by atoms with Gasteiger partial charge in [-0.15, -0.1) is 0 Å². The van der Waals surface area contributed by atoms with Gasteiger partial charge >= 0.3 is 0 Å². The highest BCUT2D eigenvalue weighted by Crippen LogP contribution is 2.29. The molecule has 3 N–H and O–H groups in total. The summed E-state index contributed by atoms with van der Waals surface area (Å²) in [5, 5.41) is 12.6. The maximum atomic E-state index is 13.6. The van der Waals surface area contributed by atoms with Gasteiger partial charge in [-0.2, -0.15) is 0 Å². The molecule has 1 amide bonds. The first-order valence-corrected chi connectivity index (χ1v) is 12.9. The van der Waals surface area contributed by atoms with E-state index in [2.05, 4.69) is 20.9 Å². The van der Waals surface area contributed by atoms with Crippen LogP contribution in [0, 0.1) is 5.82 Å². The predicted octanol–water partition coefficient (Wildman–Crippen LogP) is 4.02. The number of hydrogen-bond donors (Lipinski definition) is 3. The van der Waals surface area contributed by atoms with Gasteiger partial charge in [0.2, 0.25) is 5.90 Å². The molecule has 0 unspecified atom stereocenters. The Morgan fingerprint density at radius 2 is 1.88 bits per heavy atom. The third-order valence-electron chi connectivity index (χ3n) is 6.42. The number of aliphatic imine (C=N–C) groups is 1. The van der Waals surface area contributed by atoms with E-state index in [1.807, 2.05) is 24.3 Å². The fourth-order valence-corrected chi connectivity index (χ4v) is 4.25. The average Bonchev–Trinajstić information content (AvgIpc) is 3.41. The Balaban J connectivity index is 1.52. The summed E-state index contributed by atoms with van der Waals surface area (Å²) < 4.78 is 24.7. The Hall–Kier alpha value is -4.44. The smallest absolute Gasteiger partial charge is 0.266 e. The first-order valence-electron chi connectivity index (χ1n) is 12.9. The second kappa shape index (κ2) is 14.1. The molecule has 3 aromatic carbocycles. The Morgan fingerprint density at radius 3 is 2.60 bits per heavy atom. The molecule has 1 heterocycles. The van der Waals surface area contributed by atoms with Gasteiger partial charge in [-0.1, -0.05) is 41.5 Å². The molecule has 0 saturated carbocycles. The van der Waals surface area contributed by atoms with Crippen molar-refractivity contribution >= 4 is 11.8 Å². The van der Waals surface area contributed by atoms with Crippen LogP contribution in [0.15, 0.2) is 82.9 Å². The second-order valence-corrected chi connectivity index (χ2v) is 9.28. The number of rotatable bonds is 14. The molecule has 1 aliphatic heterocycles. The van der Waals surface area contributed by atoms with Gasteiger partial charge in [0, 0.05) is 36.5 Å². The molecule has 1 aliphatic rings. The predicted molar refractivity (Wildman–Crippen MR) is 148 cm³/mol.